The van der Waals surface area contributed by atoms with E-state index in [0.717, 1.165) is 16.2 Å². The minimum atomic E-state index is 0.597. The van der Waals surface area contributed by atoms with Crippen LogP contribution in [0.15, 0.2) is 24.2 Å². The maximum absolute atomic E-state index is 5.01. The molecule has 1 aromatic rings. The van der Waals surface area contributed by atoms with Crippen molar-refractivity contribution in [3.8, 4) is 0 Å². The van der Waals surface area contributed by atoms with E-state index in [1.165, 1.54) is 0 Å². The summed E-state index contributed by atoms with van der Waals surface area (Å²) in [5, 5.41) is 0. The van der Waals surface area contributed by atoms with Crippen molar-refractivity contribution >= 4 is 45.7 Å². The average molecular weight is 242 g/mol. The third-order valence-electron chi connectivity index (χ3n) is 1.66. The molecule has 0 aliphatic rings. The Morgan fingerprint density at radius 2 is 2.21 bits per heavy atom. The fourth-order valence-corrected chi connectivity index (χ4v) is 2.04. The largest absolute Gasteiger partial charge is 0.261 e. The molecule has 0 aliphatic heterocycles. The molecular weight excluding hydrogens is 232 g/mol. The van der Waals surface area contributed by atoms with Crippen LogP contribution in [0.25, 0.3) is 4.91 Å². The molecule has 0 saturated heterocycles. The molecule has 0 aliphatic carbocycles. The summed E-state index contributed by atoms with van der Waals surface area (Å²) >= 11 is 10.8. The van der Waals surface area contributed by atoms with Crippen molar-refractivity contribution in [1.82, 2.24) is 9.97 Å². The minimum absolute atomic E-state index is 0.597. The van der Waals surface area contributed by atoms with Crippen LogP contribution in [0.4, 0.5) is 0 Å². The highest BCUT2D eigenvalue weighted by atomic mass is 32.2. The van der Waals surface area contributed by atoms with E-state index in [1.54, 1.807) is 30.4 Å². The number of aromatic nitrogens is 2. The topological polar surface area (TPSA) is 25.8 Å². The molecule has 1 aromatic heterocycles. The predicted molar refractivity (Wildman–Crippen MR) is 69.7 cm³/mol. The van der Waals surface area contributed by atoms with Gasteiger partial charge in [-0.1, -0.05) is 12.2 Å². The number of thiol groups is 1. The van der Waals surface area contributed by atoms with Gasteiger partial charge in [-0.05, 0) is 18.8 Å². The Morgan fingerprint density at radius 3 is 2.64 bits per heavy atom. The van der Waals surface area contributed by atoms with Gasteiger partial charge in [0.1, 0.15) is 0 Å². The third-order valence-corrected chi connectivity index (χ3v) is 3.23. The van der Waals surface area contributed by atoms with Gasteiger partial charge in [-0.25, -0.2) is 0 Å². The van der Waals surface area contributed by atoms with Crippen molar-refractivity contribution in [2.24, 2.45) is 0 Å². The summed E-state index contributed by atoms with van der Waals surface area (Å²) in [6, 6.07) is 0. The first kappa shape index (κ1) is 11.7. The van der Waals surface area contributed by atoms with E-state index in [2.05, 4.69) is 22.6 Å². The molecule has 5 heteroatoms. The first-order valence-corrected chi connectivity index (χ1v) is 5.99. The smallest absolute Gasteiger partial charge is 0.0951 e. The highest BCUT2D eigenvalue weighted by Gasteiger charge is 2.07. The van der Waals surface area contributed by atoms with Gasteiger partial charge in [-0.15, -0.1) is 24.4 Å². The number of thioether (sulfide) groups is 1. The second-order valence-corrected chi connectivity index (χ2v) is 4.53. The van der Waals surface area contributed by atoms with E-state index in [9.17, 15) is 0 Å². The first-order chi connectivity index (χ1) is 6.66. The van der Waals surface area contributed by atoms with Crippen LogP contribution in [0.2, 0.25) is 0 Å². The van der Waals surface area contributed by atoms with E-state index >= 15 is 0 Å². The lowest BCUT2D eigenvalue weighted by Gasteiger charge is -2.06. The molecule has 0 radical (unpaired) electrons. The summed E-state index contributed by atoms with van der Waals surface area (Å²) in [6.45, 7) is 1.94. The van der Waals surface area contributed by atoms with Crippen LogP contribution in [0.3, 0.4) is 0 Å². The van der Waals surface area contributed by atoms with Gasteiger partial charge < -0.3 is 0 Å². The second kappa shape index (κ2) is 5.48. The first-order valence-electron chi connectivity index (χ1n) is 3.91. The highest BCUT2D eigenvalue weighted by molar-refractivity contribution is 8.12. The molecule has 0 spiro atoms. The van der Waals surface area contributed by atoms with Gasteiger partial charge in [0.05, 0.1) is 16.1 Å². The van der Waals surface area contributed by atoms with Crippen LogP contribution < -0.4 is 0 Å². The zero-order chi connectivity index (χ0) is 10.6. The van der Waals surface area contributed by atoms with E-state index in [1.807, 2.05) is 13.2 Å². The Kier molecular flexibility index (Phi) is 4.57. The monoisotopic (exact) mass is 242 g/mol. The maximum Gasteiger partial charge on any atom is 0.0951 e. The molecule has 0 atom stereocenters. The Morgan fingerprint density at radius 1 is 1.50 bits per heavy atom. The fourth-order valence-electron chi connectivity index (χ4n) is 0.963. The number of rotatable bonds is 3. The van der Waals surface area contributed by atoms with Gasteiger partial charge in [-0.3, -0.25) is 9.97 Å². The van der Waals surface area contributed by atoms with Crippen molar-refractivity contribution in [2.45, 2.75) is 6.92 Å². The molecule has 14 heavy (non-hydrogen) atoms. The normalized spacial score (nSPS) is 12.2. The standard InChI is InChI=1S/C9H10N2S3/c1-6(9(12)13)8(14-2)7-5-10-3-4-11-7/h3-5H,1-2H3,(H,12,13)/b8-6-. The van der Waals surface area contributed by atoms with Crippen LogP contribution in [0.5, 0.6) is 0 Å². The summed E-state index contributed by atoms with van der Waals surface area (Å²) in [5.41, 5.74) is 1.81. The van der Waals surface area contributed by atoms with Crippen molar-refractivity contribution in [3.63, 3.8) is 0 Å². The highest BCUT2D eigenvalue weighted by Crippen LogP contribution is 2.27. The van der Waals surface area contributed by atoms with Crippen LogP contribution in [0.1, 0.15) is 12.6 Å². The van der Waals surface area contributed by atoms with Crippen molar-refractivity contribution < 1.29 is 0 Å². The van der Waals surface area contributed by atoms with Crippen molar-refractivity contribution in [3.05, 3.63) is 29.9 Å². The quantitative estimate of drug-likeness (QED) is 0.501. The second-order valence-electron chi connectivity index (χ2n) is 2.55. The van der Waals surface area contributed by atoms with E-state index in [-0.39, 0.29) is 0 Å². The average Bonchev–Trinajstić information content (AvgIpc) is 2.20. The molecule has 1 heterocycles. The molecular formula is C9H10N2S3. The lowest BCUT2D eigenvalue weighted by Crippen LogP contribution is -1.94. The number of hydrogen-bond acceptors (Lipinski definition) is 4. The molecule has 0 N–H and O–H groups in total. The van der Waals surface area contributed by atoms with Crippen LogP contribution in [-0.4, -0.2) is 20.4 Å². The van der Waals surface area contributed by atoms with Crippen LogP contribution in [0, 0.1) is 0 Å². The zero-order valence-corrected chi connectivity index (χ0v) is 10.4. The summed E-state index contributed by atoms with van der Waals surface area (Å²) < 4.78 is 0.597. The SMILES string of the molecule is CS/C(=C(/C)C(=S)S)c1cnccn1. The van der Waals surface area contributed by atoms with Gasteiger partial charge in [0.2, 0.25) is 0 Å². The van der Waals surface area contributed by atoms with Crippen molar-refractivity contribution in [1.29, 1.82) is 0 Å². The number of hydrogen-bond donors (Lipinski definition) is 1. The number of nitrogens with zero attached hydrogens (tertiary/aromatic N) is 2. The van der Waals surface area contributed by atoms with Crippen LogP contribution in [-0.2, 0) is 0 Å². The molecule has 74 valence electrons. The fraction of sp³-hybridized carbons (Fsp3) is 0.222. The zero-order valence-electron chi connectivity index (χ0n) is 7.89. The Balaban J connectivity index is 3.17. The maximum atomic E-state index is 5.01. The van der Waals surface area contributed by atoms with Gasteiger partial charge in [0.25, 0.3) is 0 Å². The summed E-state index contributed by atoms with van der Waals surface area (Å²) in [4.78, 5) is 9.26. The van der Waals surface area contributed by atoms with E-state index in [4.69, 9.17) is 12.2 Å². The Hall–Kier alpha value is -0.390. The van der Waals surface area contributed by atoms with Gasteiger partial charge in [0, 0.05) is 17.3 Å². The van der Waals surface area contributed by atoms with Gasteiger partial charge in [-0.2, -0.15) is 0 Å². The lowest BCUT2D eigenvalue weighted by atomic mass is 10.2. The molecule has 0 unspecified atom stereocenters. The lowest BCUT2D eigenvalue weighted by molar-refractivity contribution is 1.17. The van der Waals surface area contributed by atoms with Gasteiger partial charge in [0.15, 0.2) is 0 Å². The van der Waals surface area contributed by atoms with E-state index < -0.39 is 0 Å². The molecule has 0 saturated carbocycles. The predicted octanol–water partition coefficient (Wildman–Crippen LogP) is 2.83. The minimum Gasteiger partial charge on any atom is -0.261 e. The molecule has 1 rings (SSSR count). The molecule has 2 nitrogen and oxygen atoms in total. The summed E-state index contributed by atoms with van der Waals surface area (Å²) in [6.07, 6.45) is 7.02. The van der Waals surface area contributed by atoms with Crippen molar-refractivity contribution in [2.75, 3.05) is 6.26 Å². The molecule has 0 fully saturated rings. The van der Waals surface area contributed by atoms with Gasteiger partial charge >= 0.3 is 0 Å². The van der Waals surface area contributed by atoms with Crippen LogP contribution >= 0.6 is 36.6 Å². The third kappa shape index (κ3) is 2.80. The molecule has 0 amide bonds. The van der Waals surface area contributed by atoms with E-state index in [0.29, 0.717) is 4.20 Å². The number of thiocarbonyl (C=S) groups is 1. The summed E-state index contributed by atoms with van der Waals surface area (Å²) in [5.74, 6) is 0. The Labute approximate surface area is 98.6 Å². The Bertz CT molecular complexity index is 360. The summed E-state index contributed by atoms with van der Waals surface area (Å²) in [7, 11) is 0. The molecule has 0 bridgehead atoms. The molecule has 0 aromatic carbocycles.